The first-order valence-electron chi connectivity index (χ1n) is 7.82. The van der Waals surface area contributed by atoms with Crippen LogP contribution in [0.2, 0.25) is 0 Å². The predicted octanol–water partition coefficient (Wildman–Crippen LogP) is -0.0713. The molecule has 2 aromatic rings. The highest BCUT2D eigenvalue weighted by molar-refractivity contribution is 5.91. The Morgan fingerprint density at radius 3 is 2.72 bits per heavy atom. The number of rotatable bonds is 1. The summed E-state index contributed by atoms with van der Waals surface area (Å²) in [5.41, 5.74) is 5.09. The van der Waals surface area contributed by atoms with Crippen LogP contribution in [-0.4, -0.2) is 35.0 Å². The number of benzene rings is 1. The number of nitrogen functional groups attached to an aromatic ring is 1. The SMILES string of the molecule is CC1COc2c(N3CC[C@H](N)C3)c(F)cc3c(=O)n(N)c(=O)n1c23.Cl. The lowest BCUT2D eigenvalue weighted by Crippen LogP contribution is -2.47. The Kier molecular flexibility index (Phi) is 4.16. The summed E-state index contributed by atoms with van der Waals surface area (Å²) in [6, 6.07) is 0.761. The molecule has 2 atom stereocenters. The monoisotopic (exact) mass is 371 g/mol. The summed E-state index contributed by atoms with van der Waals surface area (Å²) >= 11 is 0. The zero-order chi connectivity index (χ0) is 17.2. The zero-order valence-electron chi connectivity index (χ0n) is 13.6. The van der Waals surface area contributed by atoms with Crippen LogP contribution < -0.4 is 32.5 Å². The Balaban J connectivity index is 0.00000182. The van der Waals surface area contributed by atoms with Crippen LogP contribution in [-0.2, 0) is 0 Å². The first kappa shape index (κ1) is 17.6. The third kappa shape index (κ3) is 2.37. The van der Waals surface area contributed by atoms with Crippen LogP contribution in [0.5, 0.6) is 5.75 Å². The number of aromatic nitrogens is 2. The van der Waals surface area contributed by atoms with E-state index >= 15 is 0 Å². The highest BCUT2D eigenvalue weighted by Crippen LogP contribution is 2.41. The smallest absolute Gasteiger partial charge is 0.350 e. The zero-order valence-corrected chi connectivity index (χ0v) is 14.4. The van der Waals surface area contributed by atoms with E-state index in [-0.39, 0.29) is 47.9 Å². The minimum atomic E-state index is -0.742. The van der Waals surface area contributed by atoms with Gasteiger partial charge in [-0.2, -0.15) is 4.68 Å². The Bertz CT molecular complexity index is 973. The Labute approximate surface area is 148 Å². The van der Waals surface area contributed by atoms with E-state index in [1.165, 1.54) is 4.57 Å². The Morgan fingerprint density at radius 1 is 1.36 bits per heavy atom. The van der Waals surface area contributed by atoms with Crippen molar-refractivity contribution in [1.29, 1.82) is 0 Å². The lowest BCUT2D eigenvalue weighted by Gasteiger charge is -2.30. The molecule has 25 heavy (non-hydrogen) atoms. The molecule has 0 radical (unpaired) electrons. The lowest BCUT2D eigenvalue weighted by atomic mass is 10.1. The van der Waals surface area contributed by atoms with E-state index in [1.54, 1.807) is 11.8 Å². The number of ether oxygens (including phenoxy) is 1. The van der Waals surface area contributed by atoms with Crippen molar-refractivity contribution in [3.63, 3.8) is 0 Å². The van der Waals surface area contributed by atoms with E-state index in [0.717, 1.165) is 12.5 Å². The van der Waals surface area contributed by atoms with Crippen molar-refractivity contribution >= 4 is 29.0 Å². The second-order valence-corrected chi connectivity index (χ2v) is 6.41. The fourth-order valence-electron chi connectivity index (χ4n) is 3.55. The summed E-state index contributed by atoms with van der Waals surface area (Å²) in [4.78, 5) is 26.5. The maximum atomic E-state index is 14.8. The summed E-state index contributed by atoms with van der Waals surface area (Å²) < 4.78 is 22.4. The van der Waals surface area contributed by atoms with Gasteiger partial charge in [-0.05, 0) is 19.4 Å². The molecule has 10 heteroatoms. The van der Waals surface area contributed by atoms with Gasteiger partial charge in [0.25, 0.3) is 5.56 Å². The van der Waals surface area contributed by atoms with Gasteiger partial charge in [-0.3, -0.25) is 9.36 Å². The molecule has 1 saturated heterocycles. The Morgan fingerprint density at radius 2 is 2.08 bits per heavy atom. The van der Waals surface area contributed by atoms with Gasteiger partial charge < -0.3 is 21.2 Å². The number of nitrogens with zero attached hydrogens (tertiary/aromatic N) is 3. The standard InChI is InChI=1S/C15H18FN5O3.ClH/c1-7-6-24-13-11-9(14(22)21(18)15(23)20(7)11)4-10(16)12(13)19-3-2-8(17)5-19;/h4,7-8H,2-3,5-6,17-18H2,1H3;1H/t7?,8-;/m0./s1. The fraction of sp³-hybridized carbons (Fsp3) is 0.467. The van der Waals surface area contributed by atoms with Crippen molar-refractivity contribution in [2.24, 2.45) is 5.73 Å². The van der Waals surface area contributed by atoms with Crippen molar-refractivity contribution in [3.05, 3.63) is 32.7 Å². The fourth-order valence-corrected chi connectivity index (χ4v) is 3.55. The molecule has 2 aliphatic heterocycles. The molecule has 3 heterocycles. The van der Waals surface area contributed by atoms with Crippen molar-refractivity contribution in [2.75, 3.05) is 30.4 Å². The van der Waals surface area contributed by atoms with Gasteiger partial charge in [0.15, 0.2) is 11.6 Å². The molecule has 0 bridgehead atoms. The van der Waals surface area contributed by atoms with Gasteiger partial charge in [-0.1, -0.05) is 0 Å². The van der Waals surface area contributed by atoms with Crippen LogP contribution in [0.4, 0.5) is 10.1 Å². The second-order valence-electron chi connectivity index (χ2n) is 6.41. The normalized spacial score (nSPS) is 22.0. The minimum absolute atomic E-state index is 0. The average molecular weight is 372 g/mol. The third-order valence-corrected chi connectivity index (χ3v) is 4.74. The number of halogens is 2. The molecular formula is C15H19ClFN5O3. The van der Waals surface area contributed by atoms with Gasteiger partial charge in [0.2, 0.25) is 0 Å². The summed E-state index contributed by atoms with van der Waals surface area (Å²) in [6.45, 7) is 3.06. The summed E-state index contributed by atoms with van der Waals surface area (Å²) in [7, 11) is 0. The predicted molar refractivity (Wildman–Crippen MR) is 94.8 cm³/mol. The molecule has 1 fully saturated rings. The van der Waals surface area contributed by atoms with Crippen LogP contribution in [0, 0.1) is 5.82 Å². The molecule has 0 spiro atoms. The topological polar surface area (TPSA) is 109 Å². The molecule has 136 valence electrons. The molecule has 4 rings (SSSR count). The number of nitrogens with two attached hydrogens (primary N) is 2. The average Bonchev–Trinajstić information content (AvgIpc) is 2.97. The van der Waals surface area contributed by atoms with E-state index in [1.807, 2.05) is 0 Å². The molecule has 1 aromatic carbocycles. The molecule has 2 aliphatic rings. The molecule has 0 amide bonds. The molecule has 0 aliphatic carbocycles. The maximum Gasteiger partial charge on any atom is 0.350 e. The van der Waals surface area contributed by atoms with E-state index in [0.29, 0.717) is 23.3 Å². The largest absolute Gasteiger partial charge is 0.487 e. The second kappa shape index (κ2) is 5.92. The van der Waals surface area contributed by atoms with E-state index < -0.39 is 17.1 Å². The highest BCUT2D eigenvalue weighted by atomic mass is 35.5. The molecule has 1 unspecified atom stereocenters. The Hall–Kier alpha value is -2.26. The highest BCUT2D eigenvalue weighted by Gasteiger charge is 2.32. The van der Waals surface area contributed by atoms with Crippen molar-refractivity contribution < 1.29 is 9.13 Å². The number of hydrogen-bond acceptors (Lipinski definition) is 6. The van der Waals surface area contributed by atoms with Gasteiger partial charge in [0.05, 0.1) is 11.4 Å². The van der Waals surface area contributed by atoms with E-state index in [9.17, 15) is 14.0 Å². The molecular weight excluding hydrogens is 353 g/mol. The van der Waals surface area contributed by atoms with E-state index in [2.05, 4.69) is 0 Å². The van der Waals surface area contributed by atoms with E-state index in [4.69, 9.17) is 16.3 Å². The number of hydrogen-bond donors (Lipinski definition) is 2. The van der Waals surface area contributed by atoms with Crippen molar-refractivity contribution in [3.8, 4) is 5.75 Å². The minimum Gasteiger partial charge on any atom is -0.487 e. The summed E-state index contributed by atoms with van der Waals surface area (Å²) in [6.07, 6.45) is 0.741. The van der Waals surface area contributed by atoms with Gasteiger partial charge in [-0.15, -0.1) is 12.4 Å². The van der Waals surface area contributed by atoms with Gasteiger partial charge in [0.1, 0.15) is 17.8 Å². The maximum absolute atomic E-state index is 14.8. The van der Waals surface area contributed by atoms with Crippen molar-refractivity contribution in [1.82, 2.24) is 9.24 Å². The van der Waals surface area contributed by atoms with Crippen LogP contribution in [0.1, 0.15) is 19.4 Å². The molecule has 4 N–H and O–H groups in total. The quantitative estimate of drug-likeness (QED) is 0.679. The molecule has 8 nitrogen and oxygen atoms in total. The lowest BCUT2D eigenvalue weighted by molar-refractivity contribution is 0.241. The van der Waals surface area contributed by atoms with Gasteiger partial charge >= 0.3 is 5.69 Å². The van der Waals surface area contributed by atoms with Gasteiger partial charge in [-0.25, -0.2) is 9.18 Å². The van der Waals surface area contributed by atoms with Crippen LogP contribution >= 0.6 is 12.4 Å². The first-order valence-corrected chi connectivity index (χ1v) is 7.82. The molecule has 1 aromatic heterocycles. The molecule has 0 saturated carbocycles. The summed E-state index contributed by atoms with van der Waals surface area (Å²) in [5.74, 6) is 5.20. The van der Waals surface area contributed by atoms with Gasteiger partial charge in [0, 0.05) is 19.1 Å². The number of anilines is 1. The van der Waals surface area contributed by atoms with Crippen LogP contribution in [0.15, 0.2) is 15.7 Å². The van der Waals surface area contributed by atoms with Crippen LogP contribution in [0.25, 0.3) is 10.9 Å². The van der Waals surface area contributed by atoms with Crippen molar-refractivity contribution in [2.45, 2.75) is 25.4 Å². The first-order chi connectivity index (χ1) is 11.4. The van der Waals surface area contributed by atoms with Crippen LogP contribution in [0.3, 0.4) is 0 Å². The third-order valence-electron chi connectivity index (χ3n) is 4.74. The summed E-state index contributed by atoms with van der Waals surface area (Å²) in [5, 5.41) is 0.0309.